The second-order valence-corrected chi connectivity index (χ2v) is 2.86. The molecule has 0 spiro atoms. The highest BCUT2D eigenvalue weighted by atomic mass is 16.5. The van der Waals surface area contributed by atoms with Gasteiger partial charge in [0.1, 0.15) is 5.78 Å². The summed E-state index contributed by atoms with van der Waals surface area (Å²) in [7, 11) is 1.20. The molecule has 0 fully saturated rings. The largest absolute Gasteiger partial charge is 0.468 e. The van der Waals surface area contributed by atoms with Crippen molar-refractivity contribution < 1.29 is 23.9 Å². The van der Waals surface area contributed by atoms with Crippen LogP contribution in [0.4, 0.5) is 0 Å². The number of methoxy groups -OCH3 is 1. The van der Waals surface area contributed by atoms with Gasteiger partial charge in [0.2, 0.25) is 0 Å². The molecule has 0 amide bonds. The third-order valence-corrected chi connectivity index (χ3v) is 1.61. The van der Waals surface area contributed by atoms with E-state index in [0.29, 0.717) is 0 Å². The summed E-state index contributed by atoms with van der Waals surface area (Å²) in [6.07, 6.45) is 0.166. The van der Waals surface area contributed by atoms with Crippen LogP contribution in [0.25, 0.3) is 0 Å². The first kappa shape index (κ1) is 12.6. The van der Waals surface area contributed by atoms with Gasteiger partial charge in [-0.05, 0) is 13.8 Å². The Hall–Kier alpha value is -1.39. The molecule has 0 aliphatic heterocycles. The van der Waals surface area contributed by atoms with Crippen molar-refractivity contribution in [3.8, 4) is 0 Å². The van der Waals surface area contributed by atoms with Crippen molar-refractivity contribution >= 4 is 17.7 Å². The molecule has 0 aliphatic rings. The molecule has 0 heterocycles. The lowest BCUT2D eigenvalue weighted by Crippen LogP contribution is -2.25. The quantitative estimate of drug-likeness (QED) is 0.474. The van der Waals surface area contributed by atoms with Crippen LogP contribution in [0.1, 0.15) is 20.3 Å². The number of ether oxygens (including phenoxy) is 2. The minimum Gasteiger partial charge on any atom is -0.468 e. The average molecular weight is 202 g/mol. The van der Waals surface area contributed by atoms with Crippen molar-refractivity contribution in [3.05, 3.63) is 0 Å². The summed E-state index contributed by atoms with van der Waals surface area (Å²) < 4.78 is 9.03. The first-order chi connectivity index (χ1) is 6.49. The van der Waals surface area contributed by atoms with E-state index in [1.807, 2.05) is 0 Å². The fourth-order valence-electron chi connectivity index (χ4n) is 0.693. The Morgan fingerprint density at radius 1 is 1.21 bits per heavy atom. The smallest absolute Gasteiger partial charge is 0.320 e. The molecular weight excluding hydrogens is 188 g/mol. The predicted molar refractivity (Wildman–Crippen MR) is 47.4 cm³/mol. The molecule has 14 heavy (non-hydrogen) atoms. The standard InChI is InChI=1S/C9H14O5/c1-6(10)4-5-14-9(12)7(2)8(11)13-3/h7H,4-5H2,1-3H3. The van der Waals surface area contributed by atoms with Crippen LogP contribution in [0.5, 0.6) is 0 Å². The molecule has 0 aliphatic carbocycles. The summed E-state index contributed by atoms with van der Waals surface area (Å²) in [5.74, 6) is -2.31. The molecular formula is C9H14O5. The van der Waals surface area contributed by atoms with Crippen molar-refractivity contribution in [1.29, 1.82) is 0 Å². The summed E-state index contributed by atoms with van der Waals surface area (Å²) in [4.78, 5) is 32.5. The summed E-state index contributed by atoms with van der Waals surface area (Å²) in [6, 6.07) is 0. The van der Waals surface area contributed by atoms with Crippen LogP contribution < -0.4 is 0 Å². The van der Waals surface area contributed by atoms with Gasteiger partial charge in [0.05, 0.1) is 13.7 Å². The van der Waals surface area contributed by atoms with Gasteiger partial charge < -0.3 is 9.47 Å². The number of Topliss-reactive ketones (excluding diaryl/α,β-unsaturated/α-hetero) is 1. The topological polar surface area (TPSA) is 69.7 Å². The molecule has 1 atom stereocenters. The van der Waals surface area contributed by atoms with Crippen LogP contribution in [-0.4, -0.2) is 31.4 Å². The molecule has 1 unspecified atom stereocenters. The second-order valence-electron chi connectivity index (χ2n) is 2.86. The van der Waals surface area contributed by atoms with Gasteiger partial charge in [0.15, 0.2) is 5.92 Å². The van der Waals surface area contributed by atoms with Crippen molar-refractivity contribution in [1.82, 2.24) is 0 Å². The van der Waals surface area contributed by atoms with E-state index in [1.165, 1.54) is 21.0 Å². The van der Waals surface area contributed by atoms with Gasteiger partial charge in [-0.2, -0.15) is 0 Å². The van der Waals surface area contributed by atoms with Crippen molar-refractivity contribution in [3.63, 3.8) is 0 Å². The van der Waals surface area contributed by atoms with Crippen LogP contribution in [0.3, 0.4) is 0 Å². The molecule has 0 N–H and O–H groups in total. The lowest BCUT2D eigenvalue weighted by atomic mass is 10.2. The number of ketones is 1. The third-order valence-electron chi connectivity index (χ3n) is 1.61. The number of esters is 2. The van der Waals surface area contributed by atoms with E-state index in [2.05, 4.69) is 9.47 Å². The summed E-state index contributed by atoms with van der Waals surface area (Å²) in [5.41, 5.74) is 0. The Morgan fingerprint density at radius 3 is 2.21 bits per heavy atom. The zero-order valence-corrected chi connectivity index (χ0v) is 8.53. The van der Waals surface area contributed by atoms with E-state index in [-0.39, 0.29) is 18.8 Å². The first-order valence-electron chi connectivity index (χ1n) is 4.23. The minimum absolute atomic E-state index is 0.00943. The number of hydrogen-bond donors (Lipinski definition) is 0. The Morgan fingerprint density at radius 2 is 1.79 bits per heavy atom. The van der Waals surface area contributed by atoms with E-state index < -0.39 is 17.9 Å². The minimum atomic E-state index is -0.938. The lowest BCUT2D eigenvalue weighted by Gasteiger charge is -2.08. The Labute approximate surface area is 82.4 Å². The first-order valence-corrected chi connectivity index (χ1v) is 4.23. The van der Waals surface area contributed by atoms with Crippen LogP contribution in [0, 0.1) is 5.92 Å². The molecule has 0 saturated carbocycles. The van der Waals surface area contributed by atoms with E-state index in [4.69, 9.17) is 0 Å². The maximum absolute atomic E-state index is 11.1. The highest BCUT2D eigenvalue weighted by Crippen LogP contribution is 2.01. The molecule has 5 nitrogen and oxygen atoms in total. The second kappa shape index (κ2) is 6.12. The van der Waals surface area contributed by atoms with Gasteiger partial charge in [-0.25, -0.2) is 0 Å². The van der Waals surface area contributed by atoms with Crippen LogP contribution in [0.2, 0.25) is 0 Å². The van der Waals surface area contributed by atoms with Crippen LogP contribution in [0.15, 0.2) is 0 Å². The highest BCUT2D eigenvalue weighted by Gasteiger charge is 2.23. The SMILES string of the molecule is COC(=O)C(C)C(=O)OCCC(C)=O. The summed E-state index contributed by atoms with van der Waals surface area (Å²) in [6.45, 7) is 2.80. The fraction of sp³-hybridized carbons (Fsp3) is 0.667. The number of rotatable bonds is 5. The molecule has 0 rings (SSSR count). The number of carbonyl (C=O) groups excluding carboxylic acids is 3. The van der Waals surface area contributed by atoms with Gasteiger partial charge in [-0.3, -0.25) is 14.4 Å². The van der Waals surface area contributed by atoms with Crippen molar-refractivity contribution in [2.24, 2.45) is 5.92 Å². The van der Waals surface area contributed by atoms with Gasteiger partial charge in [-0.1, -0.05) is 0 Å². The van der Waals surface area contributed by atoms with Crippen molar-refractivity contribution in [2.45, 2.75) is 20.3 Å². The third kappa shape index (κ3) is 4.59. The van der Waals surface area contributed by atoms with E-state index in [9.17, 15) is 14.4 Å². The maximum Gasteiger partial charge on any atom is 0.320 e. The molecule has 0 radical (unpaired) electrons. The molecule has 80 valence electrons. The molecule has 5 heteroatoms. The summed E-state index contributed by atoms with van der Waals surface area (Å²) in [5, 5.41) is 0. The zero-order chi connectivity index (χ0) is 11.1. The van der Waals surface area contributed by atoms with Gasteiger partial charge >= 0.3 is 11.9 Å². The fourth-order valence-corrected chi connectivity index (χ4v) is 0.693. The van der Waals surface area contributed by atoms with E-state index in [0.717, 1.165) is 0 Å². The summed E-state index contributed by atoms with van der Waals surface area (Å²) >= 11 is 0. The normalized spacial score (nSPS) is 11.6. The number of carbonyl (C=O) groups is 3. The number of hydrogen-bond acceptors (Lipinski definition) is 5. The Bertz CT molecular complexity index is 233. The monoisotopic (exact) mass is 202 g/mol. The van der Waals surface area contributed by atoms with E-state index >= 15 is 0 Å². The molecule has 0 aromatic heterocycles. The maximum atomic E-state index is 11.1. The molecule has 0 aromatic carbocycles. The highest BCUT2D eigenvalue weighted by molar-refractivity contribution is 5.94. The van der Waals surface area contributed by atoms with Gasteiger partial charge in [0.25, 0.3) is 0 Å². The zero-order valence-electron chi connectivity index (χ0n) is 8.53. The van der Waals surface area contributed by atoms with Crippen molar-refractivity contribution in [2.75, 3.05) is 13.7 Å². The molecule has 0 saturated heterocycles. The van der Waals surface area contributed by atoms with Crippen LogP contribution >= 0.6 is 0 Å². The predicted octanol–water partition coefficient (Wildman–Crippen LogP) is 0.318. The van der Waals surface area contributed by atoms with Gasteiger partial charge in [0, 0.05) is 6.42 Å². The lowest BCUT2D eigenvalue weighted by molar-refractivity contribution is -0.159. The molecule has 0 aromatic rings. The van der Waals surface area contributed by atoms with Gasteiger partial charge in [-0.15, -0.1) is 0 Å². The Kier molecular flexibility index (Phi) is 5.52. The van der Waals surface area contributed by atoms with E-state index in [1.54, 1.807) is 0 Å². The Balaban J connectivity index is 3.84. The average Bonchev–Trinajstić information content (AvgIpc) is 2.14. The molecule has 0 bridgehead atoms. The van der Waals surface area contributed by atoms with Crippen LogP contribution in [-0.2, 0) is 23.9 Å².